The van der Waals surface area contributed by atoms with Gasteiger partial charge in [0, 0.05) is 22.7 Å². The molecule has 8 heteroatoms. The van der Waals surface area contributed by atoms with Crippen molar-refractivity contribution < 1.29 is 39.5 Å². The molecule has 2 heterocycles. The Morgan fingerprint density at radius 2 is 1.89 bits per heavy atom. The minimum absolute atomic E-state index is 0.0874. The van der Waals surface area contributed by atoms with Gasteiger partial charge in [0.15, 0.2) is 17.7 Å². The minimum Gasteiger partial charge on any atom is -0.460 e. The van der Waals surface area contributed by atoms with Gasteiger partial charge in [-0.05, 0) is 30.9 Å². The van der Waals surface area contributed by atoms with Gasteiger partial charge in [-0.3, -0.25) is 4.79 Å². The molecule has 0 amide bonds. The summed E-state index contributed by atoms with van der Waals surface area (Å²) < 4.78 is 11.3. The number of aliphatic hydroxyl groups excluding tert-OH is 3. The van der Waals surface area contributed by atoms with Crippen LogP contribution in [-0.2, 0) is 19.1 Å². The van der Waals surface area contributed by atoms with E-state index in [1.54, 1.807) is 13.8 Å². The predicted octanol–water partition coefficient (Wildman–Crippen LogP) is -0.943. The van der Waals surface area contributed by atoms with E-state index in [9.17, 15) is 30.0 Å². The topological polar surface area (TPSA) is 134 Å². The highest BCUT2D eigenvalue weighted by Crippen LogP contribution is 2.73. The molecule has 0 aromatic rings. The molecule has 0 aromatic heterocycles. The third-order valence-corrected chi connectivity index (χ3v) is 8.24. The fourth-order valence-corrected chi connectivity index (χ4v) is 7.21. The molecule has 5 aliphatic rings. The average Bonchev–Trinajstić information content (AvgIpc) is 2.92. The average molecular weight is 392 g/mol. The van der Waals surface area contributed by atoms with E-state index in [4.69, 9.17) is 9.47 Å². The molecule has 2 saturated heterocycles. The predicted molar refractivity (Wildman–Crippen MR) is 92.3 cm³/mol. The van der Waals surface area contributed by atoms with Crippen LogP contribution in [0.5, 0.6) is 0 Å². The first-order chi connectivity index (χ1) is 13.0. The van der Waals surface area contributed by atoms with Gasteiger partial charge in [0.05, 0.1) is 6.61 Å². The van der Waals surface area contributed by atoms with E-state index in [2.05, 4.69) is 6.58 Å². The molecule has 0 unspecified atom stereocenters. The maximum absolute atomic E-state index is 12.5. The van der Waals surface area contributed by atoms with Crippen molar-refractivity contribution in [1.82, 2.24) is 0 Å². The summed E-state index contributed by atoms with van der Waals surface area (Å²) in [6.07, 6.45) is -3.58. The molecule has 5 rings (SSSR count). The van der Waals surface area contributed by atoms with Crippen LogP contribution in [-0.4, -0.2) is 69.0 Å². The lowest BCUT2D eigenvalue weighted by molar-refractivity contribution is -0.311. The lowest BCUT2D eigenvalue weighted by Gasteiger charge is -2.67. The molecule has 8 nitrogen and oxygen atoms in total. The SMILES string of the molecule is C=C1[C@@H](O)[C@]2(O)OC[C@@]34[C@H]1[C@@H](O)C(=O)O[C@@H]3C[C@H]1C(C)=CC(=O)[C@@H](O)[C@]1(C)[C@@H]24. The van der Waals surface area contributed by atoms with Gasteiger partial charge in [-0.15, -0.1) is 0 Å². The highest BCUT2D eigenvalue weighted by atomic mass is 16.6. The van der Waals surface area contributed by atoms with Crippen molar-refractivity contribution in [1.29, 1.82) is 0 Å². The smallest absolute Gasteiger partial charge is 0.335 e. The molecule has 1 spiro atoms. The molecule has 4 fully saturated rings. The number of aliphatic hydroxyl groups is 4. The van der Waals surface area contributed by atoms with Gasteiger partial charge >= 0.3 is 5.97 Å². The molecule has 0 aromatic carbocycles. The number of allylic oxidation sites excluding steroid dienone is 1. The second-order valence-corrected chi connectivity index (χ2v) is 9.26. The molecule has 2 aliphatic heterocycles. The first kappa shape index (κ1) is 18.4. The molecule has 152 valence electrons. The molecule has 28 heavy (non-hydrogen) atoms. The van der Waals surface area contributed by atoms with Crippen LogP contribution in [0.15, 0.2) is 23.8 Å². The number of ketones is 1. The minimum atomic E-state index is -2.11. The zero-order valence-corrected chi connectivity index (χ0v) is 15.7. The van der Waals surface area contributed by atoms with Crippen LogP contribution in [0.3, 0.4) is 0 Å². The number of esters is 1. The maximum atomic E-state index is 12.5. The summed E-state index contributed by atoms with van der Waals surface area (Å²) in [5.41, 5.74) is -1.45. The van der Waals surface area contributed by atoms with Gasteiger partial charge in [-0.2, -0.15) is 0 Å². The van der Waals surface area contributed by atoms with E-state index < -0.39 is 64.6 Å². The fourth-order valence-electron chi connectivity index (χ4n) is 7.21. The quantitative estimate of drug-likeness (QED) is 0.307. The van der Waals surface area contributed by atoms with E-state index >= 15 is 0 Å². The summed E-state index contributed by atoms with van der Waals surface area (Å²) in [6, 6.07) is 0. The molecule has 0 radical (unpaired) electrons. The molecule has 2 saturated carbocycles. The highest BCUT2D eigenvalue weighted by Gasteiger charge is 2.82. The van der Waals surface area contributed by atoms with Crippen molar-refractivity contribution in [2.24, 2.45) is 28.6 Å². The number of ether oxygens (including phenoxy) is 2. The Morgan fingerprint density at radius 3 is 2.57 bits per heavy atom. The van der Waals surface area contributed by atoms with E-state index in [1.165, 1.54) is 6.08 Å². The van der Waals surface area contributed by atoms with Gasteiger partial charge in [0.25, 0.3) is 0 Å². The monoisotopic (exact) mass is 392 g/mol. The zero-order valence-electron chi connectivity index (χ0n) is 15.7. The summed E-state index contributed by atoms with van der Waals surface area (Å²) in [5, 5.41) is 43.9. The van der Waals surface area contributed by atoms with E-state index in [-0.39, 0.29) is 18.1 Å². The van der Waals surface area contributed by atoms with Gasteiger partial charge in [0.1, 0.15) is 18.3 Å². The maximum Gasteiger partial charge on any atom is 0.335 e. The van der Waals surface area contributed by atoms with E-state index in [0.29, 0.717) is 12.0 Å². The Bertz CT molecular complexity index is 849. The van der Waals surface area contributed by atoms with Crippen molar-refractivity contribution in [3.8, 4) is 0 Å². The summed E-state index contributed by atoms with van der Waals surface area (Å²) in [6.45, 7) is 7.24. The number of rotatable bonds is 0. The standard InChI is InChI=1S/C20H24O8/c1-7-4-10(21)15(24)18(3)9(7)5-11-19-6-27-20(26,17(18)19)14(23)8(2)12(19)13(22)16(25)28-11/h4,9,11-15,17,22-24,26H,2,5-6H2,1,3H3/t9-,11+,12+,13+,14+,15+,17+,18+,19-,20-/m0/s1. The van der Waals surface area contributed by atoms with Crippen molar-refractivity contribution in [2.45, 2.75) is 50.5 Å². The molecular weight excluding hydrogens is 368 g/mol. The van der Waals surface area contributed by atoms with Crippen molar-refractivity contribution in [3.05, 3.63) is 23.8 Å². The van der Waals surface area contributed by atoms with Crippen LogP contribution in [0.25, 0.3) is 0 Å². The number of carbonyl (C=O) groups is 2. The van der Waals surface area contributed by atoms with Gasteiger partial charge in [-0.1, -0.05) is 19.1 Å². The highest BCUT2D eigenvalue weighted by molar-refractivity contribution is 5.96. The Hall–Kier alpha value is -1.58. The second kappa shape index (κ2) is 5.12. The van der Waals surface area contributed by atoms with Gasteiger partial charge < -0.3 is 29.9 Å². The van der Waals surface area contributed by atoms with Crippen LogP contribution in [0.1, 0.15) is 20.3 Å². The third kappa shape index (κ3) is 1.68. The van der Waals surface area contributed by atoms with Crippen LogP contribution in [0, 0.1) is 28.6 Å². The number of hydrogen-bond acceptors (Lipinski definition) is 8. The lowest BCUT2D eigenvalue weighted by atomic mass is 9.38. The van der Waals surface area contributed by atoms with Crippen molar-refractivity contribution in [3.63, 3.8) is 0 Å². The molecule has 4 N–H and O–H groups in total. The Morgan fingerprint density at radius 1 is 1.21 bits per heavy atom. The number of fused-ring (bicyclic) bond motifs is 1. The molecule has 3 aliphatic carbocycles. The normalized spacial score (nSPS) is 57.3. The Balaban J connectivity index is 1.81. The summed E-state index contributed by atoms with van der Waals surface area (Å²) in [5.74, 6) is -5.62. The lowest BCUT2D eigenvalue weighted by Crippen LogP contribution is -2.76. The van der Waals surface area contributed by atoms with Crippen LogP contribution < -0.4 is 0 Å². The second-order valence-electron chi connectivity index (χ2n) is 9.26. The summed E-state index contributed by atoms with van der Waals surface area (Å²) >= 11 is 0. The number of hydrogen-bond donors (Lipinski definition) is 4. The third-order valence-electron chi connectivity index (χ3n) is 8.24. The van der Waals surface area contributed by atoms with Crippen molar-refractivity contribution in [2.75, 3.05) is 6.61 Å². The van der Waals surface area contributed by atoms with Crippen LogP contribution in [0.2, 0.25) is 0 Å². The van der Waals surface area contributed by atoms with E-state index in [1.807, 2.05) is 0 Å². The molecule has 10 atom stereocenters. The first-order valence-corrected chi connectivity index (χ1v) is 9.53. The largest absolute Gasteiger partial charge is 0.460 e. The van der Waals surface area contributed by atoms with Crippen molar-refractivity contribution >= 4 is 11.8 Å². The summed E-state index contributed by atoms with van der Waals surface area (Å²) in [4.78, 5) is 24.9. The number of carbonyl (C=O) groups excluding carboxylic acids is 2. The molecular formula is C20H24O8. The first-order valence-electron chi connectivity index (χ1n) is 9.53. The van der Waals surface area contributed by atoms with E-state index in [0.717, 1.165) is 0 Å². The Kier molecular flexibility index (Phi) is 3.37. The fraction of sp³-hybridized carbons (Fsp3) is 0.700. The molecule has 2 bridgehead atoms. The van der Waals surface area contributed by atoms with Gasteiger partial charge in [-0.25, -0.2) is 4.79 Å². The van der Waals surface area contributed by atoms with Crippen LogP contribution in [0.4, 0.5) is 0 Å². The zero-order chi connectivity index (χ0) is 20.4. The van der Waals surface area contributed by atoms with Crippen LogP contribution >= 0.6 is 0 Å². The van der Waals surface area contributed by atoms with Gasteiger partial charge in [0.2, 0.25) is 0 Å². The summed E-state index contributed by atoms with van der Waals surface area (Å²) in [7, 11) is 0. The Labute approximate surface area is 161 Å².